The van der Waals surface area contributed by atoms with Crippen molar-refractivity contribution in [3.8, 4) is 0 Å². The van der Waals surface area contributed by atoms with Gasteiger partial charge in [-0.25, -0.2) is 0 Å². The molecular formula is C17H30N4. The molecule has 1 aliphatic heterocycles. The van der Waals surface area contributed by atoms with Crippen molar-refractivity contribution in [2.45, 2.75) is 85.4 Å². The van der Waals surface area contributed by atoms with Gasteiger partial charge in [-0.3, -0.25) is 0 Å². The highest BCUT2D eigenvalue weighted by molar-refractivity contribution is 5.00. The zero-order valence-corrected chi connectivity index (χ0v) is 14.1. The summed E-state index contributed by atoms with van der Waals surface area (Å²) in [7, 11) is 0. The number of nitrogens with zero attached hydrogens (tertiary/aromatic N) is 3. The normalized spacial score (nSPS) is 24.8. The summed E-state index contributed by atoms with van der Waals surface area (Å²) in [6.45, 7) is 11.6. The van der Waals surface area contributed by atoms with Crippen LogP contribution in [0, 0.1) is 10.8 Å². The monoisotopic (exact) mass is 290 g/mol. The molecule has 3 rings (SSSR count). The van der Waals surface area contributed by atoms with Crippen molar-refractivity contribution in [2.24, 2.45) is 10.8 Å². The molecule has 0 atom stereocenters. The molecule has 0 aromatic carbocycles. The van der Waals surface area contributed by atoms with E-state index in [4.69, 9.17) is 0 Å². The van der Waals surface area contributed by atoms with Crippen molar-refractivity contribution in [3.05, 3.63) is 11.6 Å². The van der Waals surface area contributed by atoms with Crippen molar-refractivity contribution in [2.75, 3.05) is 0 Å². The molecule has 21 heavy (non-hydrogen) atoms. The van der Waals surface area contributed by atoms with Gasteiger partial charge in [0.05, 0.1) is 6.54 Å². The molecule has 1 saturated carbocycles. The summed E-state index contributed by atoms with van der Waals surface area (Å²) < 4.78 is 2.33. The highest BCUT2D eigenvalue weighted by atomic mass is 15.3. The van der Waals surface area contributed by atoms with Crippen LogP contribution < -0.4 is 5.32 Å². The van der Waals surface area contributed by atoms with E-state index in [2.05, 4.69) is 47.8 Å². The third-order valence-corrected chi connectivity index (χ3v) is 5.04. The standard InChI is InChI=1S/C17H30N4/c1-16(2)9-13(10-17(3,4)12-16)18-11-15-20-19-14-7-5-6-8-21(14)15/h13,18H,5-12H2,1-4H3. The average Bonchev–Trinajstić information content (AvgIpc) is 2.76. The zero-order valence-electron chi connectivity index (χ0n) is 14.1. The maximum absolute atomic E-state index is 4.41. The molecular weight excluding hydrogens is 260 g/mol. The van der Waals surface area contributed by atoms with E-state index in [-0.39, 0.29) is 0 Å². The molecule has 1 aliphatic carbocycles. The molecule has 1 aromatic rings. The third kappa shape index (κ3) is 3.47. The first kappa shape index (κ1) is 15.0. The van der Waals surface area contributed by atoms with Gasteiger partial charge in [0.25, 0.3) is 0 Å². The fourth-order valence-electron chi connectivity index (χ4n) is 4.73. The smallest absolute Gasteiger partial charge is 0.147 e. The van der Waals surface area contributed by atoms with Crippen LogP contribution in [0.3, 0.4) is 0 Å². The van der Waals surface area contributed by atoms with Gasteiger partial charge in [-0.2, -0.15) is 0 Å². The van der Waals surface area contributed by atoms with E-state index in [1.807, 2.05) is 0 Å². The summed E-state index contributed by atoms with van der Waals surface area (Å²) >= 11 is 0. The second kappa shape index (κ2) is 5.38. The highest BCUT2D eigenvalue weighted by Gasteiger charge is 2.38. The summed E-state index contributed by atoms with van der Waals surface area (Å²) in [5.41, 5.74) is 0.868. The molecule has 2 aliphatic rings. The number of rotatable bonds is 3. The fourth-order valence-corrected chi connectivity index (χ4v) is 4.73. The Morgan fingerprint density at radius 3 is 2.52 bits per heavy atom. The number of fused-ring (bicyclic) bond motifs is 1. The van der Waals surface area contributed by atoms with Gasteiger partial charge in [0.1, 0.15) is 11.6 Å². The first-order chi connectivity index (χ1) is 9.85. The van der Waals surface area contributed by atoms with Crippen molar-refractivity contribution in [1.82, 2.24) is 20.1 Å². The van der Waals surface area contributed by atoms with E-state index in [0.717, 1.165) is 25.3 Å². The Kier molecular flexibility index (Phi) is 3.85. The molecule has 0 unspecified atom stereocenters. The van der Waals surface area contributed by atoms with Crippen LogP contribution in [0.4, 0.5) is 0 Å². The van der Waals surface area contributed by atoms with Crippen molar-refractivity contribution in [3.63, 3.8) is 0 Å². The molecule has 0 radical (unpaired) electrons. The lowest BCUT2D eigenvalue weighted by Gasteiger charge is -2.45. The molecule has 0 amide bonds. The van der Waals surface area contributed by atoms with E-state index in [1.165, 1.54) is 37.9 Å². The van der Waals surface area contributed by atoms with Gasteiger partial charge in [0.2, 0.25) is 0 Å². The molecule has 118 valence electrons. The molecule has 4 heteroatoms. The van der Waals surface area contributed by atoms with E-state index >= 15 is 0 Å². The lowest BCUT2D eigenvalue weighted by Crippen LogP contribution is -2.43. The number of hydrogen-bond donors (Lipinski definition) is 1. The highest BCUT2D eigenvalue weighted by Crippen LogP contribution is 2.45. The Bertz CT molecular complexity index is 485. The molecule has 1 N–H and O–H groups in total. The van der Waals surface area contributed by atoms with Crippen LogP contribution >= 0.6 is 0 Å². The van der Waals surface area contributed by atoms with E-state index in [9.17, 15) is 0 Å². The van der Waals surface area contributed by atoms with Crippen LogP contribution in [0.2, 0.25) is 0 Å². The van der Waals surface area contributed by atoms with Crippen molar-refractivity contribution < 1.29 is 0 Å². The molecule has 0 spiro atoms. The Labute approximate surface area is 128 Å². The lowest BCUT2D eigenvalue weighted by atomic mass is 9.63. The SMILES string of the molecule is CC1(C)CC(NCc2nnc3n2CCCC3)CC(C)(C)C1. The van der Waals surface area contributed by atoms with Gasteiger partial charge in [-0.1, -0.05) is 27.7 Å². The summed E-state index contributed by atoms with van der Waals surface area (Å²) in [5.74, 6) is 2.31. The molecule has 0 saturated heterocycles. The summed E-state index contributed by atoms with van der Waals surface area (Å²) in [6, 6.07) is 0.597. The number of aromatic nitrogens is 3. The first-order valence-electron chi connectivity index (χ1n) is 8.49. The van der Waals surface area contributed by atoms with E-state index in [0.29, 0.717) is 16.9 Å². The summed E-state index contributed by atoms with van der Waals surface area (Å²) in [4.78, 5) is 0. The van der Waals surface area contributed by atoms with Crippen LogP contribution in [-0.4, -0.2) is 20.8 Å². The zero-order chi connectivity index (χ0) is 15.1. The molecule has 1 aromatic heterocycles. The Morgan fingerprint density at radius 1 is 1.10 bits per heavy atom. The van der Waals surface area contributed by atoms with Crippen LogP contribution in [0.5, 0.6) is 0 Å². The van der Waals surface area contributed by atoms with Gasteiger partial charge in [-0.05, 0) is 42.9 Å². The minimum absolute atomic E-state index is 0.434. The van der Waals surface area contributed by atoms with Gasteiger partial charge in [0, 0.05) is 19.0 Å². The number of nitrogens with one attached hydrogen (secondary N) is 1. The second-order valence-electron chi connectivity index (χ2n) is 8.63. The lowest BCUT2D eigenvalue weighted by molar-refractivity contribution is 0.0840. The number of aryl methyl sites for hydroxylation is 1. The van der Waals surface area contributed by atoms with E-state index < -0.39 is 0 Å². The maximum atomic E-state index is 4.41. The third-order valence-electron chi connectivity index (χ3n) is 5.04. The van der Waals surface area contributed by atoms with Gasteiger partial charge in [0.15, 0.2) is 0 Å². The van der Waals surface area contributed by atoms with Gasteiger partial charge in [-0.15, -0.1) is 10.2 Å². The van der Waals surface area contributed by atoms with Crippen LogP contribution in [0.25, 0.3) is 0 Å². The molecule has 2 heterocycles. The van der Waals surface area contributed by atoms with Crippen LogP contribution in [0.15, 0.2) is 0 Å². The number of hydrogen-bond acceptors (Lipinski definition) is 3. The second-order valence-corrected chi connectivity index (χ2v) is 8.63. The fraction of sp³-hybridized carbons (Fsp3) is 0.882. The Morgan fingerprint density at radius 2 is 1.81 bits per heavy atom. The maximum Gasteiger partial charge on any atom is 0.147 e. The topological polar surface area (TPSA) is 42.7 Å². The minimum atomic E-state index is 0.434. The van der Waals surface area contributed by atoms with Gasteiger partial charge < -0.3 is 9.88 Å². The predicted octanol–water partition coefficient (Wildman–Crippen LogP) is 3.31. The van der Waals surface area contributed by atoms with Crippen molar-refractivity contribution in [1.29, 1.82) is 0 Å². The minimum Gasteiger partial charge on any atom is -0.314 e. The summed E-state index contributed by atoms with van der Waals surface area (Å²) in [5, 5.41) is 12.5. The van der Waals surface area contributed by atoms with Gasteiger partial charge >= 0.3 is 0 Å². The largest absolute Gasteiger partial charge is 0.314 e. The van der Waals surface area contributed by atoms with Crippen molar-refractivity contribution >= 4 is 0 Å². The Hall–Kier alpha value is -0.900. The first-order valence-corrected chi connectivity index (χ1v) is 8.49. The van der Waals surface area contributed by atoms with E-state index in [1.54, 1.807) is 0 Å². The molecule has 0 bridgehead atoms. The molecule has 1 fully saturated rings. The van der Waals surface area contributed by atoms with Crippen LogP contribution in [-0.2, 0) is 19.5 Å². The predicted molar refractivity (Wildman–Crippen MR) is 85.0 cm³/mol. The Balaban J connectivity index is 1.63. The van der Waals surface area contributed by atoms with Crippen LogP contribution in [0.1, 0.15) is 71.4 Å². The summed E-state index contributed by atoms with van der Waals surface area (Å²) in [6.07, 6.45) is 7.46. The quantitative estimate of drug-likeness (QED) is 0.928. The average molecular weight is 290 g/mol. The molecule has 4 nitrogen and oxygen atoms in total.